The van der Waals surface area contributed by atoms with E-state index in [1.54, 1.807) is 0 Å². The predicted molar refractivity (Wildman–Crippen MR) is 84.5 cm³/mol. The summed E-state index contributed by atoms with van der Waals surface area (Å²) in [6.45, 7) is 4.98. The molecule has 0 N–H and O–H groups in total. The molecule has 8 heteroatoms. The van der Waals surface area contributed by atoms with E-state index in [1.807, 2.05) is 6.92 Å². The van der Waals surface area contributed by atoms with Crippen LogP contribution in [0.4, 0.5) is 4.39 Å². The molecule has 0 saturated carbocycles. The second-order valence-corrected chi connectivity index (χ2v) is 7.94. The summed E-state index contributed by atoms with van der Waals surface area (Å²) in [6.07, 6.45) is 0. The van der Waals surface area contributed by atoms with Crippen LogP contribution < -0.4 is 0 Å². The second kappa shape index (κ2) is 6.91. The molecule has 1 aromatic rings. The summed E-state index contributed by atoms with van der Waals surface area (Å²) < 4.78 is 41.4. The van der Waals surface area contributed by atoms with Crippen LogP contribution in [0.3, 0.4) is 0 Å². The Morgan fingerprint density at radius 2 is 1.90 bits per heavy atom. The number of hydrogen-bond donors (Lipinski definition) is 0. The summed E-state index contributed by atoms with van der Waals surface area (Å²) in [5.41, 5.74) is 0.178. The first-order valence-electron chi connectivity index (χ1n) is 6.66. The van der Waals surface area contributed by atoms with Crippen molar-refractivity contribution in [2.75, 3.05) is 32.7 Å². The SMILES string of the molecule is CCN1CCN(S(=O)(=O)c2cc(Br)cc(CCl)c2F)CC1. The fraction of sp³-hybridized carbons (Fsp3) is 0.538. The van der Waals surface area contributed by atoms with Gasteiger partial charge in [0, 0.05) is 36.2 Å². The molecular formula is C13H17BrClFN2O2S. The zero-order chi connectivity index (χ0) is 15.6. The molecule has 0 bridgehead atoms. The molecule has 0 amide bonds. The van der Waals surface area contributed by atoms with Crippen LogP contribution in [0.5, 0.6) is 0 Å². The van der Waals surface area contributed by atoms with Crippen LogP contribution in [-0.4, -0.2) is 50.3 Å². The predicted octanol–water partition coefficient (Wildman–Crippen LogP) is 2.65. The summed E-state index contributed by atoms with van der Waals surface area (Å²) in [5.74, 6) is -0.830. The molecule has 4 nitrogen and oxygen atoms in total. The van der Waals surface area contributed by atoms with E-state index in [2.05, 4.69) is 20.8 Å². The second-order valence-electron chi connectivity index (χ2n) is 4.85. The number of piperazine rings is 1. The van der Waals surface area contributed by atoms with Gasteiger partial charge in [-0.15, -0.1) is 11.6 Å². The number of likely N-dealkylation sites (N-methyl/N-ethyl adjacent to an activating group) is 1. The molecule has 0 aliphatic carbocycles. The molecule has 0 radical (unpaired) electrons. The minimum atomic E-state index is -3.84. The highest BCUT2D eigenvalue weighted by Crippen LogP contribution is 2.28. The maximum absolute atomic E-state index is 14.3. The first kappa shape index (κ1) is 17.1. The van der Waals surface area contributed by atoms with E-state index >= 15 is 0 Å². The maximum Gasteiger partial charge on any atom is 0.246 e. The molecule has 0 unspecified atom stereocenters. The lowest BCUT2D eigenvalue weighted by atomic mass is 10.2. The minimum absolute atomic E-state index is 0.0720. The van der Waals surface area contributed by atoms with Crippen molar-refractivity contribution in [1.82, 2.24) is 9.21 Å². The van der Waals surface area contributed by atoms with E-state index < -0.39 is 15.8 Å². The third-order valence-electron chi connectivity index (χ3n) is 3.62. The van der Waals surface area contributed by atoms with E-state index in [4.69, 9.17) is 11.6 Å². The molecule has 1 aliphatic rings. The van der Waals surface area contributed by atoms with Crippen molar-refractivity contribution in [3.05, 3.63) is 28.0 Å². The minimum Gasteiger partial charge on any atom is -0.301 e. The van der Waals surface area contributed by atoms with Gasteiger partial charge in [-0.2, -0.15) is 4.31 Å². The van der Waals surface area contributed by atoms with Crippen LogP contribution in [0.15, 0.2) is 21.5 Å². The first-order chi connectivity index (χ1) is 9.90. The van der Waals surface area contributed by atoms with Gasteiger partial charge in [0.05, 0.1) is 5.88 Å². The Morgan fingerprint density at radius 1 is 1.29 bits per heavy atom. The van der Waals surface area contributed by atoms with Gasteiger partial charge in [0.15, 0.2) is 0 Å². The van der Waals surface area contributed by atoms with Crippen LogP contribution in [0.1, 0.15) is 12.5 Å². The summed E-state index contributed by atoms with van der Waals surface area (Å²) in [6, 6.07) is 2.79. The maximum atomic E-state index is 14.3. The molecule has 0 aromatic heterocycles. The van der Waals surface area contributed by atoms with Gasteiger partial charge in [-0.05, 0) is 18.7 Å². The molecular weight excluding hydrogens is 383 g/mol. The molecule has 1 aromatic carbocycles. The Hall–Kier alpha value is -0.210. The van der Waals surface area contributed by atoms with Crippen LogP contribution in [0.2, 0.25) is 0 Å². The van der Waals surface area contributed by atoms with Gasteiger partial charge >= 0.3 is 0 Å². The van der Waals surface area contributed by atoms with Crippen molar-refractivity contribution >= 4 is 37.6 Å². The van der Waals surface area contributed by atoms with Crippen molar-refractivity contribution in [3.8, 4) is 0 Å². The standard InChI is InChI=1S/C13H17BrClFN2O2S/c1-2-17-3-5-18(6-4-17)21(19,20)12-8-11(14)7-10(9-15)13(12)16/h7-8H,2-6,9H2,1H3. The average Bonchev–Trinajstić information content (AvgIpc) is 2.49. The van der Waals surface area contributed by atoms with Crippen molar-refractivity contribution in [3.63, 3.8) is 0 Å². The molecule has 21 heavy (non-hydrogen) atoms. The Labute approximate surface area is 138 Å². The third-order valence-corrected chi connectivity index (χ3v) is 6.26. The highest BCUT2D eigenvalue weighted by Gasteiger charge is 2.31. The quantitative estimate of drug-likeness (QED) is 0.731. The van der Waals surface area contributed by atoms with Gasteiger partial charge < -0.3 is 4.90 Å². The summed E-state index contributed by atoms with van der Waals surface area (Å²) in [7, 11) is -3.84. The van der Waals surface area contributed by atoms with E-state index in [9.17, 15) is 12.8 Å². The lowest BCUT2D eigenvalue weighted by Crippen LogP contribution is -2.48. The number of sulfonamides is 1. The van der Waals surface area contributed by atoms with Crippen LogP contribution >= 0.6 is 27.5 Å². The van der Waals surface area contributed by atoms with Crippen LogP contribution in [0.25, 0.3) is 0 Å². The summed E-state index contributed by atoms with van der Waals surface area (Å²) >= 11 is 8.88. The lowest BCUT2D eigenvalue weighted by molar-refractivity contribution is 0.196. The average molecular weight is 400 g/mol. The van der Waals surface area contributed by atoms with Crippen molar-refractivity contribution in [2.45, 2.75) is 17.7 Å². The molecule has 0 atom stereocenters. The smallest absolute Gasteiger partial charge is 0.246 e. The number of rotatable bonds is 4. The van der Waals surface area contributed by atoms with Crippen molar-refractivity contribution in [1.29, 1.82) is 0 Å². The highest BCUT2D eigenvalue weighted by atomic mass is 79.9. The number of halogens is 3. The Balaban J connectivity index is 2.34. The molecule has 0 spiro atoms. The molecule has 1 heterocycles. The van der Waals surface area contributed by atoms with E-state index in [-0.39, 0.29) is 16.3 Å². The normalized spacial score (nSPS) is 18.1. The largest absolute Gasteiger partial charge is 0.301 e. The topological polar surface area (TPSA) is 40.6 Å². The van der Waals surface area contributed by atoms with Gasteiger partial charge in [-0.25, -0.2) is 12.8 Å². The number of benzene rings is 1. The Bertz CT molecular complexity index is 619. The van der Waals surface area contributed by atoms with E-state index in [1.165, 1.54) is 16.4 Å². The van der Waals surface area contributed by atoms with E-state index in [0.29, 0.717) is 30.7 Å². The summed E-state index contributed by atoms with van der Waals surface area (Å²) in [5, 5.41) is 0. The van der Waals surface area contributed by atoms with Gasteiger partial charge in [0.1, 0.15) is 10.7 Å². The monoisotopic (exact) mass is 398 g/mol. The zero-order valence-corrected chi connectivity index (χ0v) is 14.8. The Kier molecular flexibility index (Phi) is 5.65. The van der Waals surface area contributed by atoms with Crippen molar-refractivity contribution < 1.29 is 12.8 Å². The number of hydrogen-bond acceptors (Lipinski definition) is 3. The summed E-state index contributed by atoms with van der Waals surface area (Å²) in [4.78, 5) is 1.85. The zero-order valence-electron chi connectivity index (χ0n) is 11.7. The van der Waals surface area contributed by atoms with Crippen LogP contribution in [0, 0.1) is 5.82 Å². The van der Waals surface area contributed by atoms with Gasteiger partial charge in [-0.1, -0.05) is 22.9 Å². The first-order valence-corrected chi connectivity index (χ1v) is 9.43. The number of alkyl halides is 1. The molecule has 118 valence electrons. The van der Waals surface area contributed by atoms with Gasteiger partial charge in [0.25, 0.3) is 0 Å². The molecule has 1 saturated heterocycles. The molecule has 1 aliphatic heterocycles. The Morgan fingerprint density at radius 3 is 2.43 bits per heavy atom. The van der Waals surface area contributed by atoms with Gasteiger partial charge in [-0.3, -0.25) is 0 Å². The van der Waals surface area contributed by atoms with Crippen LogP contribution in [-0.2, 0) is 15.9 Å². The fourth-order valence-corrected chi connectivity index (χ4v) is 4.74. The highest BCUT2D eigenvalue weighted by molar-refractivity contribution is 9.10. The van der Waals surface area contributed by atoms with Crippen molar-refractivity contribution in [2.24, 2.45) is 0 Å². The van der Waals surface area contributed by atoms with E-state index in [0.717, 1.165) is 6.54 Å². The fourth-order valence-electron chi connectivity index (χ4n) is 2.33. The lowest BCUT2D eigenvalue weighted by Gasteiger charge is -2.33. The molecule has 2 rings (SSSR count). The number of nitrogens with zero attached hydrogens (tertiary/aromatic N) is 2. The molecule has 1 fully saturated rings. The third kappa shape index (κ3) is 3.59. The van der Waals surface area contributed by atoms with Gasteiger partial charge in [0.2, 0.25) is 10.0 Å².